The molecule has 6 heteroatoms. The van der Waals surface area contributed by atoms with Crippen LogP contribution in [0.4, 0.5) is 5.95 Å². The molecule has 0 spiro atoms. The van der Waals surface area contributed by atoms with Gasteiger partial charge in [0, 0.05) is 20.3 Å². The molecular formula is C10H10N6. The second kappa shape index (κ2) is 3.98. The minimum atomic E-state index is 0.362. The highest BCUT2D eigenvalue weighted by Crippen LogP contribution is 2.09. The van der Waals surface area contributed by atoms with Crippen LogP contribution in [0.2, 0.25) is 0 Å². The van der Waals surface area contributed by atoms with Gasteiger partial charge in [-0.2, -0.15) is 5.26 Å². The molecule has 0 bridgehead atoms. The Balaban J connectivity index is 2.40. The Kier molecular flexibility index (Phi) is 2.52. The van der Waals surface area contributed by atoms with Gasteiger partial charge in [-0.3, -0.25) is 0 Å². The van der Waals surface area contributed by atoms with Crippen molar-refractivity contribution in [2.75, 3.05) is 14.1 Å². The van der Waals surface area contributed by atoms with Crippen molar-refractivity contribution in [3.8, 4) is 6.07 Å². The van der Waals surface area contributed by atoms with Gasteiger partial charge in [0.05, 0.1) is 23.6 Å². The number of aromatic nitrogens is 3. The Morgan fingerprint density at radius 2 is 2.38 bits per heavy atom. The van der Waals surface area contributed by atoms with Crippen molar-refractivity contribution in [1.29, 1.82) is 5.26 Å². The van der Waals surface area contributed by atoms with E-state index >= 15 is 0 Å². The fourth-order valence-corrected chi connectivity index (χ4v) is 1.19. The van der Waals surface area contributed by atoms with E-state index in [1.54, 1.807) is 34.2 Å². The average Bonchev–Trinajstić information content (AvgIpc) is 2.68. The zero-order valence-electron chi connectivity index (χ0n) is 8.99. The van der Waals surface area contributed by atoms with Crippen LogP contribution < -0.4 is 0 Å². The Hall–Kier alpha value is -2.42. The average molecular weight is 214 g/mol. The molecule has 2 aromatic rings. The first-order chi connectivity index (χ1) is 7.69. The lowest BCUT2D eigenvalue weighted by Gasteiger charge is -2.01. The summed E-state index contributed by atoms with van der Waals surface area (Å²) in [7, 11) is 3.73. The summed E-state index contributed by atoms with van der Waals surface area (Å²) in [6, 6.07) is 3.77. The highest BCUT2D eigenvalue weighted by Gasteiger charge is 2.01. The number of nitrogens with zero attached hydrogens (tertiary/aromatic N) is 6. The lowest BCUT2D eigenvalue weighted by atomic mass is 10.4. The van der Waals surface area contributed by atoms with Crippen molar-refractivity contribution in [2.45, 2.75) is 0 Å². The highest BCUT2D eigenvalue weighted by molar-refractivity contribution is 5.58. The molecule has 0 aliphatic carbocycles. The predicted octanol–water partition coefficient (Wildman–Crippen LogP) is 0.822. The maximum Gasteiger partial charge on any atom is 0.268 e. The minimum absolute atomic E-state index is 0.362. The second-order valence-corrected chi connectivity index (χ2v) is 3.48. The van der Waals surface area contributed by atoms with Crippen LogP contribution in [0.15, 0.2) is 23.5 Å². The van der Waals surface area contributed by atoms with Crippen LogP contribution in [-0.4, -0.2) is 39.9 Å². The molecule has 2 heterocycles. The molecule has 0 saturated heterocycles. The van der Waals surface area contributed by atoms with Crippen LogP contribution in [0.5, 0.6) is 0 Å². The van der Waals surface area contributed by atoms with Crippen LogP contribution in [-0.2, 0) is 0 Å². The van der Waals surface area contributed by atoms with Gasteiger partial charge in [0.1, 0.15) is 6.07 Å². The van der Waals surface area contributed by atoms with Crippen molar-refractivity contribution in [1.82, 2.24) is 19.5 Å². The van der Waals surface area contributed by atoms with Crippen molar-refractivity contribution in [3.63, 3.8) is 0 Å². The molecule has 0 aliphatic heterocycles. The quantitative estimate of drug-likeness (QED) is 0.548. The molecule has 0 fully saturated rings. The molecule has 0 atom stereocenters. The van der Waals surface area contributed by atoms with E-state index in [0.29, 0.717) is 11.5 Å². The van der Waals surface area contributed by atoms with E-state index in [9.17, 15) is 0 Å². The molecule has 0 saturated carbocycles. The SMILES string of the molecule is CN(C)C=Nc1ncc2cc(C#N)cn2n1. The molecule has 16 heavy (non-hydrogen) atoms. The molecule has 80 valence electrons. The Labute approximate surface area is 92.5 Å². The lowest BCUT2D eigenvalue weighted by Crippen LogP contribution is -2.07. The van der Waals surface area contributed by atoms with Gasteiger partial charge in [-0.25, -0.2) is 14.5 Å². The number of rotatable bonds is 2. The number of fused-ring (bicyclic) bond motifs is 1. The zero-order chi connectivity index (χ0) is 11.5. The largest absolute Gasteiger partial charge is 0.369 e. The molecule has 2 rings (SSSR count). The monoisotopic (exact) mass is 214 g/mol. The van der Waals surface area contributed by atoms with E-state index < -0.39 is 0 Å². The number of nitriles is 1. The first kappa shape index (κ1) is 10.1. The van der Waals surface area contributed by atoms with E-state index in [4.69, 9.17) is 5.26 Å². The lowest BCUT2D eigenvalue weighted by molar-refractivity contribution is 0.642. The van der Waals surface area contributed by atoms with Gasteiger partial charge >= 0.3 is 0 Å². The third-order valence-electron chi connectivity index (χ3n) is 1.87. The summed E-state index contributed by atoms with van der Waals surface area (Å²) in [5.41, 5.74) is 1.34. The van der Waals surface area contributed by atoms with Crippen molar-refractivity contribution in [3.05, 3.63) is 24.0 Å². The van der Waals surface area contributed by atoms with Gasteiger partial charge < -0.3 is 4.90 Å². The van der Waals surface area contributed by atoms with Crippen molar-refractivity contribution >= 4 is 17.8 Å². The fourth-order valence-electron chi connectivity index (χ4n) is 1.19. The van der Waals surface area contributed by atoms with Crippen molar-refractivity contribution in [2.24, 2.45) is 4.99 Å². The molecule has 0 aliphatic rings. The zero-order valence-corrected chi connectivity index (χ0v) is 8.99. The van der Waals surface area contributed by atoms with Crippen LogP contribution in [0.1, 0.15) is 5.56 Å². The molecule has 0 amide bonds. The van der Waals surface area contributed by atoms with Gasteiger partial charge in [0.15, 0.2) is 0 Å². The molecule has 2 aromatic heterocycles. The third kappa shape index (κ3) is 1.98. The van der Waals surface area contributed by atoms with Gasteiger partial charge in [-0.1, -0.05) is 0 Å². The molecule has 0 radical (unpaired) electrons. The summed E-state index contributed by atoms with van der Waals surface area (Å²) in [6.45, 7) is 0. The van der Waals surface area contributed by atoms with Gasteiger partial charge in [0.2, 0.25) is 0 Å². The van der Waals surface area contributed by atoms with Crippen LogP contribution >= 0.6 is 0 Å². The summed E-state index contributed by atoms with van der Waals surface area (Å²) in [4.78, 5) is 9.92. The van der Waals surface area contributed by atoms with Gasteiger partial charge in [-0.05, 0) is 6.07 Å². The van der Waals surface area contributed by atoms with E-state index in [2.05, 4.69) is 21.1 Å². The molecular weight excluding hydrogens is 204 g/mol. The second-order valence-electron chi connectivity index (χ2n) is 3.48. The predicted molar refractivity (Wildman–Crippen MR) is 59.5 cm³/mol. The maximum atomic E-state index is 8.74. The van der Waals surface area contributed by atoms with Crippen LogP contribution in [0.3, 0.4) is 0 Å². The van der Waals surface area contributed by atoms with E-state index in [-0.39, 0.29) is 0 Å². The fraction of sp³-hybridized carbons (Fsp3) is 0.200. The van der Waals surface area contributed by atoms with Crippen LogP contribution in [0.25, 0.3) is 5.52 Å². The Bertz CT molecular complexity index is 574. The summed E-state index contributed by atoms with van der Waals surface area (Å²) in [5, 5.41) is 12.9. The number of hydrogen-bond donors (Lipinski definition) is 0. The summed E-state index contributed by atoms with van der Waals surface area (Å²) >= 11 is 0. The molecule has 6 nitrogen and oxygen atoms in total. The third-order valence-corrected chi connectivity index (χ3v) is 1.87. The molecule has 0 unspecified atom stereocenters. The topological polar surface area (TPSA) is 69.6 Å². The first-order valence-corrected chi connectivity index (χ1v) is 4.65. The van der Waals surface area contributed by atoms with E-state index in [0.717, 1.165) is 5.52 Å². The highest BCUT2D eigenvalue weighted by atomic mass is 15.3. The number of hydrogen-bond acceptors (Lipinski definition) is 4. The van der Waals surface area contributed by atoms with Gasteiger partial charge in [-0.15, -0.1) is 5.10 Å². The summed E-state index contributed by atoms with van der Waals surface area (Å²) in [5.74, 6) is 0.362. The Morgan fingerprint density at radius 3 is 3.06 bits per heavy atom. The summed E-state index contributed by atoms with van der Waals surface area (Å²) in [6.07, 6.45) is 4.90. The summed E-state index contributed by atoms with van der Waals surface area (Å²) < 4.78 is 1.59. The van der Waals surface area contributed by atoms with Gasteiger partial charge in [0.25, 0.3) is 5.95 Å². The Morgan fingerprint density at radius 1 is 1.56 bits per heavy atom. The maximum absolute atomic E-state index is 8.74. The smallest absolute Gasteiger partial charge is 0.268 e. The number of aliphatic imine (C=N–C) groups is 1. The van der Waals surface area contributed by atoms with E-state index in [1.807, 2.05) is 14.1 Å². The first-order valence-electron chi connectivity index (χ1n) is 4.65. The normalized spacial score (nSPS) is 10.8. The standard InChI is InChI=1S/C10H10N6/c1-15(2)7-13-10-12-5-9-3-8(4-11)6-16(9)14-10/h3,5-7H,1-2H3. The van der Waals surface area contributed by atoms with Crippen molar-refractivity contribution < 1.29 is 0 Å². The van der Waals surface area contributed by atoms with Crippen LogP contribution in [0, 0.1) is 11.3 Å². The van der Waals surface area contributed by atoms with E-state index in [1.165, 1.54) is 0 Å². The molecule has 0 N–H and O–H groups in total. The molecule has 0 aromatic carbocycles. The minimum Gasteiger partial charge on any atom is -0.369 e.